The predicted molar refractivity (Wildman–Crippen MR) is 120 cm³/mol. The van der Waals surface area contributed by atoms with Crippen LogP contribution in [-0.2, 0) is 11.3 Å². The van der Waals surface area contributed by atoms with E-state index in [4.69, 9.17) is 15.6 Å². The van der Waals surface area contributed by atoms with Gasteiger partial charge in [0.1, 0.15) is 23.2 Å². The molecule has 0 unspecified atom stereocenters. The highest BCUT2D eigenvalue weighted by molar-refractivity contribution is 5.94. The second-order valence-electron chi connectivity index (χ2n) is 8.48. The summed E-state index contributed by atoms with van der Waals surface area (Å²) < 4.78 is 6.78. The predicted octanol–water partition coefficient (Wildman–Crippen LogP) is 0.289. The molecule has 1 amide bonds. The summed E-state index contributed by atoms with van der Waals surface area (Å²) in [4.78, 5) is 37.5. The molecule has 1 fully saturated rings. The summed E-state index contributed by atoms with van der Waals surface area (Å²) in [6.45, 7) is -0.444. The number of fused-ring (bicyclic) bond motifs is 1. The molecule has 1 aromatic carbocycles. The molecule has 2 heterocycles. The highest BCUT2D eigenvalue weighted by Crippen LogP contribution is 2.34. The summed E-state index contributed by atoms with van der Waals surface area (Å²) in [5, 5.41) is 30.8. The van der Waals surface area contributed by atoms with Crippen molar-refractivity contribution in [2.45, 2.75) is 43.6 Å². The lowest BCUT2D eigenvalue weighted by Gasteiger charge is -2.43. The van der Waals surface area contributed by atoms with Crippen LogP contribution in [0.1, 0.15) is 29.6 Å². The number of aliphatic hydroxyl groups excluding tert-OH is 1. The topological polar surface area (TPSA) is 177 Å². The number of aliphatic carboxylic acids is 1. The van der Waals surface area contributed by atoms with Crippen LogP contribution >= 0.6 is 0 Å². The second kappa shape index (κ2) is 9.23. The first kappa shape index (κ1) is 23.4. The minimum Gasteiger partial charge on any atom is -0.482 e. The number of amides is 1. The number of carbonyl (C=O) groups is 2. The van der Waals surface area contributed by atoms with Crippen molar-refractivity contribution in [2.24, 2.45) is 0 Å². The van der Waals surface area contributed by atoms with E-state index in [-0.39, 0.29) is 42.9 Å². The Morgan fingerprint density at radius 2 is 2.12 bits per heavy atom. The minimum atomic E-state index is -1.43. The lowest BCUT2D eigenvalue weighted by atomic mass is 9.79. The van der Waals surface area contributed by atoms with Gasteiger partial charge in [0.05, 0.1) is 19.0 Å². The maximum atomic E-state index is 13.0. The molecule has 2 aromatic heterocycles. The monoisotopic (exact) mass is 470 g/mol. The van der Waals surface area contributed by atoms with Crippen LogP contribution in [0.2, 0.25) is 0 Å². The van der Waals surface area contributed by atoms with E-state index in [1.165, 1.54) is 23.6 Å². The Morgan fingerprint density at radius 3 is 2.85 bits per heavy atom. The van der Waals surface area contributed by atoms with Crippen LogP contribution in [0.15, 0.2) is 36.9 Å². The van der Waals surface area contributed by atoms with Crippen LogP contribution in [0, 0.1) is 0 Å². The van der Waals surface area contributed by atoms with Gasteiger partial charge in [-0.2, -0.15) is 0 Å². The maximum absolute atomic E-state index is 13.0. The Kier molecular flexibility index (Phi) is 6.35. The summed E-state index contributed by atoms with van der Waals surface area (Å²) in [5.41, 5.74) is 5.61. The van der Waals surface area contributed by atoms with E-state index in [0.717, 1.165) is 0 Å². The summed E-state index contributed by atoms with van der Waals surface area (Å²) in [5.74, 6) is -0.900. The van der Waals surface area contributed by atoms with Gasteiger partial charge in [-0.3, -0.25) is 4.79 Å². The quantitative estimate of drug-likeness (QED) is 0.375. The Bertz CT molecular complexity index is 1220. The lowest BCUT2D eigenvalue weighted by Crippen LogP contribution is -2.54. The van der Waals surface area contributed by atoms with E-state index in [9.17, 15) is 19.8 Å². The number of aliphatic hydroxyl groups is 2. The van der Waals surface area contributed by atoms with Crippen molar-refractivity contribution in [1.82, 2.24) is 24.4 Å². The number of carboxylic acid groups (broad SMARTS) is 1. The fourth-order valence-corrected chi connectivity index (χ4v) is 4.26. The molecule has 34 heavy (non-hydrogen) atoms. The number of ether oxygens (including phenoxy) is 1. The van der Waals surface area contributed by atoms with Gasteiger partial charge in [-0.25, -0.2) is 19.7 Å². The number of imidazole rings is 1. The number of carbonyl (C=O) groups excluding carboxylic acids is 1. The molecule has 0 spiro atoms. The van der Waals surface area contributed by atoms with E-state index in [2.05, 4.69) is 15.0 Å². The number of carboxylic acids is 1. The van der Waals surface area contributed by atoms with Gasteiger partial charge in [0.25, 0.3) is 5.91 Å². The van der Waals surface area contributed by atoms with E-state index < -0.39 is 24.3 Å². The Balaban J connectivity index is 1.43. The first-order valence-corrected chi connectivity index (χ1v) is 10.7. The molecule has 0 saturated heterocycles. The number of hydrogen-bond donors (Lipinski definition) is 4. The van der Waals surface area contributed by atoms with Gasteiger partial charge in [0.2, 0.25) is 0 Å². The number of aromatic nitrogens is 4. The largest absolute Gasteiger partial charge is 0.482 e. The number of hydrogen-bond acceptors (Lipinski definition) is 9. The number of nitrogens with two attached hydrogens (primary N) is 1. The summed E-state index contributed by atoms with van der Waals surface area (Å²) in [6.07, 6.45) is 2.62. The van der Waals surface area contributed by atoms with E-state index >= 15 is 0 Å². The number of nitrogens with zero attached hydrogens (tertiary/aromatic N) is 5. The minimum absolute atomic E-state index is 0.0640. The zero-order valence-electron chi connectivity index (χ0n) is 18.5. The van der Waals surface area contributed by atoms with Gasteiger partial charge >= 0.3 is 5.97 Å². The van der Waals surface area contributed by atoms with Crippen molar-refractivity contribution in [1.29, 1.82) is 0 Å². The van der Waals surface area contributed by atoms with Crippen LogP contribution in [0.5, 0.6) is 5.75 Å². The van der Waals surface area contributed by atoms with E-state index in [1.807, 2.05) is 0 Å². The third-order valence-corrected chi connectivity index (χ3v) is 6.21. The molecule has 1 aliphatic rings. The summed E-state index contributed by atoms with van der Waals surface area (Å²) in [6, 6.07) is 5.97. The van der Waals surface area contributed by atoms with Crippen molar-refractivity contribution < 1.29 is 29.6 Å². The molecule has 3 aromatic rings. The number of nitrogen functional groups attached to an aromatic ring is 1. The molecular weight excluding hydrogens is 444 g/mol. The van der Waals surface area contributed by atoms with Gasteiger partial charge < -0.3 is 35.3 Å². The molecule has 0 bridgehead atoms. The second-order valence-corrected chi connectivity index (χ2v) is 8.48. The van der Waals surface area contributed by atoms with Crippen molar-refractivity contribution in [2.75, 3.05) is 19.4 Å². The highest BCUT2D eigenvalue weighted by Gasteiger charge is 2.43. The Hall–Kier alpha value is -3.77. The zero-order valence-corrected chi connectivity index (χ0v) is 18.5. The molecule has 5 N–H and O–H groups in total. The molecule has 180 valence electrons. The molecule has 0 aliphatic heterocycles. The first-order valence-electron chi connectivity index (χ1n) is 10.7. The molecule has 4 rings (SSSR count). The zero-order chi connectivity index (χ0) is 24.5. The van der Waals surface area contributed by atoms with Crippen LogP contribution < -0.4 is 10.5 Å². The first-order chi connectivity index (χ1) is 16.2. The highest BCUT2D eigenvalue weighted by atomic mass is 16.5. The third-order valence-electron chi connectivity index (χ3n) is 6.21. The van der Waals surface area contributed by atoms with Gasteiger partial charge in [0, 0.05) is 18.7 Å². The van der Waals surface area contributed by atoms with E-state index in [1.54, 1.807) is 29.8 Å². The number of benzene rings is 1. The average molecular weight is 470 g/mol. The average Bonchev–Trinajstić information content (AvgIpc) is 3.22. The lowest BCUT2D eigenvalue weighted by molar-refractivity contribution is -0.139. The van der Waals surface area contributed by atoms with Crippen LogP contribution in [0.4, 0.5) is 5.82 Å². The summed E-state index contributed by atoms with van der Waals surface area (Å²) in [7, 11) is 1.64. The fraction of sp³-hybridized carbons (Fsp3) is 0.409. The van der Waals surface area contributed by atoms with E-state index in [0.29, 0.717) is 23.1 Å². The smallest absolute Gasteiger partial charge is 0.341 e. The molecule has 0 radical (unpaired) electrons. The van der Waals surface area contributed by atoms with Gasteiger partial charge in [-0.05, 0) is 37.5 Å². The number of anilines is 1. The summed E-state index contributed by atoms with van der Waals surface area (Å²) >= 11 is 0. The van der Waals surface area contributed by atoms with Crippen LogP contribution in [0.3, 0.4) is 0 Å². The molecule has 1 aliphatic carbocycles. The van der Waals surface area contributed by atoms with Crippen molar-refractivity contribution in [3.05, 3.63) is 42.5 Å². The van der Waals surface area contributed by atoms with Crippen LogP contribution in [-0.4, -0.2) is 83.0 Å². The van der Waals surface area contributed by atoms with Gasteiger partial charge in [0.15, 0.2) is 18.1 Å². The SMILES string of the molecule is CN(C(=O)c1cccc(OCC(=O)O)c1)[C@H]1CC[C@@](O)(Cn2cnc3c(N)ncnc32)[C@H](O)C1. The molecule has 12 heteroatoms. The third kappa shape index (κ3) is 4.63. The molecular formula is C22H26N6O6. The maximum Gasteiger partial charge on any atom is 0.341 e. The van der Waals surface area contributed by atoms with Crippen molar-refractivity contribution >= 4 is 28.9 Å². The van der Waals surface area contributed by atoms with Crippen molar-refractivity contribution in [3.63, 3.8) is 0 Å². The normalized spacial score (nSPS) is 22.4. The Morgan fingerprint density at radius 1 is 1.32 bits per heavy atom. The molecule has 1 saturated carbocycles. The molecule has 3 atom stereocenters. The van der Waals surface area contributed by atoms with Crippen LogP contribution in [0.25, 0.3) is 11.2 Å². The van der Waals surface area contributed by atoms with Gasteiger partial charge in [-0.1, -0.05) is 6.07 Å². The number of rotatable bonds is 7. The molecule has 12 nitrogen and oxygen atoms in total. The van der Waals surface area contributed by atoms with Crippen molar-refractivity contribution in [3.8, 4) is 5.75 Å². The fourth-order valence-electron chi connectivity index (χ4n) is 4.26. The standard InChI is InChI=1S/C22H26N6O6/c1-27(21(32)13-3-2-4-15(7-13)34-9-17(30)31)14-5-6-22(33,16(29)8-14)10-28-12-26-18-19(23)24-11-25-20(18)28/h2-4,7,11-12,14,16,29,33H,5-6,8-10H2,1H3,(H,30,31)(H2,23,24,25)/t14-,16+,22+/m0/s1. The Labute approximate surface area is 194 Å². The van der Waals surface area contributed by atoms with Gasteiger partial charge in [-0.15, -0.1) is 0 Å².